The maximum Gasteiger partial charge on any atom is 0.311 e. The Kier molecular flexibility index (Phi) is 9.49. The molecular weight excluding hydrogens is 464 g/mol. The Morgan fingerprint density at radius 2 is 2.00 bits per heavy atom. The summed E-state index contributed by atoms with van der Waals surface area (Å²) in [5.41, 5.74) is 0. The molecule has 0 aromatic carbocycles. The Balaban J connectivity index is 1.96. The number of thioether (sulfide) groups is 1. The van der Waals surface area contributed by atoms with Crippen LogP contribution in [0, 0.1) is 11.8 Å². The molecule has 3 heterocycles. The van der Waals surface area contributed by atoms with Crippen molar-refractivity contribution >= 4 is 29.5 Å². The highest BCUT2D eigenvalue weighted by Crippen LogP contribution is 2.71. The van der Waals surface area contributed by atoms with Crippen LogP contribution in [0.25, 0.3) is 0 Å². The summed E-state index contributed by atoms with van der Waals surface area (Å²) in [6.45, 7) is 13.6. The van der Waals surface area contributed by atoms with Gasteiger partial charge in [0.05, 0.1) is 23.2 Å². The lowest BCUT2D eigenvalue weighted by Crippen LogP contribution is -2.55. The molecule has 7 nitrogen and oxygen atoms in total. The van der Waals surface area contributed by atoms with Crippen molar-refractivity contribution in [1.29, 1.82) is 0 Å². The van der Waals surface area contributed by atoms with Gasteiger partial charge in [-0.1, -0.05) is 25.5 Å². The molecule has 2 amide bonds. The molecule has 0 aromatic rings. The Bertz CT molecular complexity index is 819. The van der Waals surface area contributed by atoms with Gasteiger partial charge in [-0.15, -0.1) is 24.9 Å². The number of likely N-dealkylation sites (tertiary alicyclic amines) is 1. The van der Waals surface area contributed by atoms with Crippen LogP contribution in [0.1, 0.15) is 65.2 Å². The third kappa shape index (κ3) is 5.19. The highest BCUT2D eigenvalue weighted by Gasteiger charge is 2.77. The number of amides is 2. The number of hydrogen-bond donors (Lipinski definition) is 1. The van der Waals surface area contributed by atoms with Crippen molar-refractivity contribution in [2.24, 2.45) is 11.8 Å². The number of rotatable bonds is 15. The fourth-order valence-electron chi connectivity index (χ4n) is 6.18. The molecule has 2 bridgehead atoms. The topological polar surface area (TPSA) is 87.1 Å². The van der Waals surface area contributed by atoms with Crippen LogP contribution in [0.4, 0.5) is 0 Å². The quantitative estimate of drug-likeness (QED) is 0.208. The van der Waals surface area contributed by atoms with Crippen LogP contribution in [0.3, 0.4) is 0 Å². The van der Waals surface area contributed by atoms with Crippen molar-refractivity contribution in [3.05, 3.63) is 25.3 Å². The molecule has 5 atom stereocenters. The van der Waals surface area contributed by atoms with Crippen molar-refractivity contribution in [3.63, 3.8) is 0 Å². The first-order valence-corrected chi connectivity index (χ1v) is 13.9. The summed E-state index contributed by atoms with van der Waals surface area (Å²) >= 11 is 1.68. The Hall–Kier alpha value is -1.80. The number of carbonyl (C=O) groups excluding carboxylic acids is 3. The van der Waals surface area contributed by atoms with E-state index in [-0.39, 0.29) is 31.0 Å². The third-order valence-electron chi connectivity index (χ3n) is 7.83. The molecule has 35 heavy (non-hydrogen) atoms. The summed E-state index contributed by atoms with van der Waals surface area (Å²) in [5, 5.41) is 9.18. The zero-order valence-electron chi connectivity index (χ0n) is 21.4. The predicted octanol–water partition coefficient (Wildman–Crippen LogP) is 3.56. The second-order valence-corrected chi connectivity index (χ2v) is 12.1. The number of hydrogen-bond acceptors (Lipinski definition) is 6. The molecule has 0 aliphatic carbocycles. The van der Waals surface area contributed by atoms with Crippen LogP contribution in [0.2, 0.25) is 0 Å². The van der Waals surface area contributed by atoms with E-state index in [9.17, 15) is 19.5 Å². The van der Waals surface area contributed by atoms with Gasteiger partial charge in [0.2, 0.25) is 11.8 Å². The number of aliphatic hydroxyl groups is 1. The highest BCUT2D eigenvalue weighted by atomic mass is 32.2. The first kappa shape index (κ1) is 27.8. The van der Waals surface area contributed by atoms with E-state index in [2.05, 4.69) is 27.0 Å². The number of esters is 1. The average molecular weight is 507 g/mol. The smallest absolute Gasteiger partial charge is 0.311 e. The maximum atomic E-state index is 14.1. The minimum atomic E-state index is -0.617. The molecule has 3 fully saturated rings. The van der Waals surface area contributed by atoms with Crippen molar-refractivity contribution in [2.75, 3.05) is 32.8 Å². The molecule has 1 N–H and O–H groups in total. The lowest BCUT2D eigenvalue weighted by molar-refractivity contribution is -0.155. The van der Waals surface area contributed by atoms with Gasteiger partial charge in [0, 0.05) is 31.0 Å². The molecule has 3 rings (SSSR count). The van der Waals surface area contributed by atoms with Gasteiger partial charge in [0.1, 0.15) is 6.04 Å². The van der Waals surface area contributed by atoms with Crippen molar-refractivity contribution in [2.45, 2.75) is 80.7 Å². The zero-order valence-corrected chi connectivity index (χ0v) is 22.2. The van der Waals surface area contributed by atoms with Gasteiger partial charge >= 0.3 is 5.97 Å². The van der Waals surface area contributed by atoms with Gasteiger partial charge in [-0.05, 0) is 51.9 Å². The van der Waals surface area contributed by atoms with Crippen LogP contribution < -0.4 is 0 Å². The van der Waals surface area contributed by atoms with Gasteiger partial charge in [-0.25, -0.2) is 0 Å². The Morgan fingerprint density at radius 3 is 2.66 bits per heavy atom. The first-order chi connectivity index (χ1) is 16.8. The number of carbonyl (C=O) groups is 3. The number of unbranched alkanes of at least 4 members (excludes halogenated alkanes) is 3. The van der Waals surface area contributed by atoms with Crippen LogP contribution in [-0.2, 0) is 19.1 Å². The van der Waals surface area contributed by atoms with E-state index in [1.807, 2.05) is 4.90 Å². The first-order valence-electron chi connectivity index (χ1n) is 13.1. The average Bonchev–Trinajstić information content (AvgIpc) is 3.40. The number of ether oxygens (including phenoxy) is 1. The summed E-state index contributed by atoms with van der Waals surface area (Å²) in [5.74, 6) is -1.56. The standard InChI is InChI=1S/C27H42N2O5S/c1-5-8-16-28(15-7-3)24(32)22-27-14-13-26(4,35-27)21(25(33)34-19-9-6-2)20(27)23(31)29(22)17-11-10-12-18-30/h6-7,20-22,30H,2-3,5,8-19H2,1,4H3/t20-,21+,22?,26-,27?/m0/s1. The van der Waals surface area contributed by atoms with Crippen LogP contribution in [-0.4, -0.2) is 81.1 Å². The van der Waals surface area contributed by atoms with Crippen molar-refractivity contribution < 1.29 is 24.2 Å². The SMILES string of the molecule is C=CCCOC(=O)[C@H]1[C@H]2C(=O)N(CCCCCO)C(C(=O)N(CC=C)CCCC)C23CC[C@]1(C)S3. The van der Waals surface area contributed by atoms with Gasteiger partial charge in [0.15, 0.2) is 0 Å². The fourth-order valence-corrected chi connectivity index (χ4v) is 8.52. The van der Waals surface area contributed by atoms with Crippen LogP contribution in [0.5, 0.6) is 0 Å². The number of nitrogens with zero attached hydrogens (tertiary/aromatic N) is 2. The maximum absolute atomic E-state index is 14.1. The molecule has 1 spiro atoms. The normalized spacial score (nSPS) is 30.9. The van der Waals surface area contributed by atoms with Crippen molar-refractivity contribution in [1.82, 2.24) is 9.80 Å². The molecule has 8 heteroatoms. The van der Waals surface area contributed by atoms with Crippen molar-refractivity contribution in [3.8, 4) is 0 Å². The van der Waals surface area contributed by atoms with Gasteiger partial charge in [-0.3, -0.25) is 14.4 Å². The van der Waals surface area contributed by atoms with Crippen LogP contribution >= 0.6 is 11.8 Å². The van der Waals surface area contributed by atoms with E-state index in [1.165, 1.54) is 0 Å². The van der Waals surface area contributed by atoms with Gasteiger partial charge < -0.3 is 19.6 Å². The molecule has 3 saturated heterocycles. The molecular formula is C27H42N2O5S. The second-order valence-electron chi connectivity index (χ2n) is 10.2. The Labute approximate surface area is 214 Å². The van der Waals surface area contributed by atoms with Gasteiger partial charge in [0.25, 0.3) is 0 Å². The Morgan fingerprint density at radius 1 is 1.23 bits per heavy atom. The summed E-state index contributed by atoms with van der Waals surface area (Å²) in [6, 6.07) is -0.594. The summed E-state index contributed by atoms with van der Waals surface area (Å²) in [7, 11) is 0. The molecule has 2 unspecified atom stereocenters. The number of fused-ring (bicyclic) bond motifs is 1. The van der Waals surface area contributed by atoms with Crippen LogP contribution in [0.15, 0.2) is 25.3 Å². The van der Waals surface area contributed by atoms with E-state index >= 15 is 0 Å². The third-order valence-corrected chi connectivity index (χ3v) is 9.82. The second kappa shape index (κ2) is 12.0. The summed E-state index contributed by atoms with van der Waals surface area (Å²) < 4.78 is 4.56. The molecule has 0 radical (unpaired) electrons. The predicted molar refractivity (Wildman–Crippen MR) is 139 cm³/mol. The zero-order chi connectivity index (χ0) is 25.6. The van der Waals surface area contributed by atoms with Gasteiger partial charge in [-0.2, -0.15) is 0 Å². The molecule has 0 aromatic heterocycles. The summed E-state index contributed by atoms with van der Waals surface area (Å²) in [6.07, 6.45) is 9.55. The van der Waals surface area contributed by atoms with E-state index < -0.39 is 27.4 Å². The summed E-state index contributed by atoms with van der Waals surface area (Å²) in [4.78, 5) is 45.0. The molecule has 3 aliphatic rings. The van der Waals surface area contributed by atoms with E-state index in [4.69, 9.17) is 4.74 Å². The number of aliphatic hydroxyl groups excluding tert-OH is 1. The molecule has 196 valence electrons. The van der Waals surface area contributed by atoms with E-state index in [0.29, 0.717) is 38.9 Å². The lowest BCUT2D eigenvalue weighted by Gasteiger charge is -2.37. The van der Waals surface area contributed by atoms with E-state index in [1.54, 1.807) is 28.8 Å². The molecule has 3 aliphatic heterocycles. The lowest BCUT2D eigenvalue weighted by atomic mass is 9.66. The monoisotopic (exact) mass is 506 g/mol. The molecule has 0 saturated carbocycles. The largest absolute Gasteiger partial charge is 0.465 e. The van der Waals surface area contributed by atoms with E-state index in [0.717, 1.165) is 32.1 Å². The minimum Gasteiger partial charge on any atom is -0.465 e. The minimum absolute atomic E-state index is 0.0335. The highest BCUT2D eigenvalue weighted by molar-refractivity contribution is 8.02. The fraction of sp³-hybridized carbons (Fsp3) is 0.741.